The number of oxazole rings is 1. The van der Waals surface area contributed by atoms with E-state index in [1.54, 1.807) is 6.07 Å². The number of aryl methyl sites for hydroxylation is 2. The monoisotopic (exact) mass is 303 g/mol. The number of nitrogens with one attached hydrogen (secondary N) is 1. The standard InChI is InChI=1S/C14H13N3O3S/c1-8-13(20-7-16-8)4-15-14(18)10-3-12(19-5-10)11-6-21-9(2)17-11/h3,5-7H,4H2,1-2H3,(H,15,18). The van der Waals surface area contributed by atoms with Crippen molar-refractivity contribution in [2.24, 2.45) is 0 Å². The first-order valence-corrected chi connectivity index (χ1v) is 7.19. The van der Waals surface area contributed by atoms with Gasteiger partial charge in [-0.3, -0.25) is 4.79 Å². The molecule has 7 heteroatoms. The third kappa shape index (κ3) is 2.87. The molecule has 3 aromatic rings. The van der Waals surface area contributed by atoms with Crippen LogP contribution in [0.15, 0.2) is 32.9 Å². The molecule has 0 saturated carbocycles. The van der Waals surface area contributed by atoms with Gasteiger partial charge in [-0.1, -0.05) is 0 Å². The fourth-order valence-corrected chi connectivity index (χ4v) is 2.43. The highest BCUT2D eigenvalue weighted by molar-refractivity contribution is 7.09. The third-order valence-electron chi connectivity index (χ3n) is 2.99. The second-order valence-electron chi connectivity index (χ2n) is 4.50. The van der Waals surface area contributed by atoms with Gasteiger partial charge >= 0.3 is 0 Å². The molecule has 0 aliphatic heterocycles. The fourth-order valence-electron chi connectivity index (χ4n) is 1.82. The van der Waals surface area contributed by atoms with Crippen LogP contribution in [0.1, 0.15) is 26.8 Å². The van der Waals surface area contributed by atoms with E-state index in [0.29, 0.717) is 23.6 Å². The zero-order valence-corrected chi connectivity index (χ0v) is 12.4. The lowest BCUT2D eigenvalue weighted by Crippen LogP contribution is -2.22. The highest BCUT2D eigenvalue weighted by Crippen LogP contribution is 2.23. The Bertz CT molecular complexity index is 772. The Morgan fingerprint density at radius 3 is 2.90 bits per heavy atom. The number of thiazole rings is 1. The van der Waals surface area contributed by atoms with Gasteiger partial charge in [-0.05, 0) is 19.9 Å². The zero-order valence-electron chi connectivity index (χ0n) is 11.5. The molecule has 6 nitrogen and oxygen atoms in total. The van der Waals surface area contributed by atoms with E-state index in [2.05, 4.69) is 15.3 Å². The van der Waals surface area contributed by atoms with Gasteiger partial charge in [0.15, 0.2) is 12.2 Å². The van der Waals surface area contributed by atoms with Crippen LogP contribution < -0.4 is 5.32 Å². The summed E-state index contributed by atoms with van der Waals surface area (Å²) in [7, 11) is 0. The Morgan fingerprint density at radius 1 is 1.38 bits per heavy atom. The molecule has 0 atom stereocenters. The number of rotatable bonds is 4. The SMILES string of the molecule is Cc1nc(-c2cc(C(=O)NCc3ocnc3C)co2)cs1. The second kappa shape index (κ2) is 5.53. The maximum Gasteiger partial charge on any atom is 0.254 e. The molecular weight excluding hydrogens is 290 g/mol. The van der Waals surface area contributed by atoms with Crippen LogP contribution >= 0.6 is 11.3 Å². The molecule has 0 spiro atoms. The average Bonchev–Trinajstić information content (AvgIpc) is 3.16. The molecule has 0 bridgehead atoms. The summed E-state index contributed by atoms with van der Waals surface area (Å²) in [4.78, 5) is 20.3. The third-order valence-corrected chi connectivity index (χ3v) is 3.76. The highest BCUT2D eigenvalue weighted by Gasteiger charge is 2.14. The van der Waals surface area contributed by atoms with E-state index in [4.69, 9.17) is 8.83 Å². The van der Waals surface area contributed by atoms with Crippen LogP contribution in [0, 0.1) is 13.8 Å². The van der Waals surface area contributed by atoms with E-state index in [1.165, 1.54) is 24.0 Å². The Hall–Kier alpha value is -2.41. The number of hydrogen-bond acceptors (Lipinski definition) is 6. The Balaban J connectivity index is 1.68. The lowest BCUT2D eigenvalue weighted by Gasteiger charge is -2.00. The molecule has 0 aliphatic rings. The average molecular weight is 303 g/mol. The van der Waals surface area contributed by atoms with Crippen LogP contribution in [0.3, 0.4) is 0 Å². The van der Waals surface area contributed by atoms with E-state index in [9.17, 15) is 4.79 Å². The fraction of sp³-hybridized carbons (Fsp3) is 0.214. The molecule has 21 heavy (non-hydrogen) atoms. The molecule has 0 radical (unpaired) electrons. The van der Waals surface area contributed by atoms with Gasteiger partial charge in [0.2, 0.25) is 0 Å². The molecule has 0 aliphatic carbocycles. The van der Waals surface area contributed by atoms with E-state index >= 15 is 0 Å². The molecule has 0 fully saturated rings. The normalized spacial score (nSPS) is 10.8. The molecule has 0 saturated heterocycles. The lowest BCUT2D eigenvalue weighted by molar-refractivity contribution is 0.0947. The minimum Gasteiger partial charge on any atom is -0.462 e. The van der Waals surface area contributed by atoms with Gasteiger partial charge in [-0.2, -0.15) is 0 Å². The van der Waals surface area contributed by atoms with Crippen molar-refractivity contribution in [1.29, 1.82) is 0 Å². The molecule has 3 rings (SSSR count). The first-order valence-electron chi connectivity index (χ1n) is 6.31. The topological polar surface area (TPSA) is 81.2 Å². The van der Waals surface area contributed by atoms with Gasteiger partial charge in [-0.15, -0.1) is 11.3 Å². The van der Waals surface area contributed by atoms with E-state index < -0.39 is 0 Å². The molecule has 1 amide bonds. The molecule has 108 valence electrons. The summed E-state index contributed by atoms with van der Waals surface area (Å²) in [5.74, 6) is 0.996. The van der Waals surface area contributed by atoms with Crippen LogP contribution in [0.25, 0.3) is 11.5 Å². The van der Waals surface area contributed by atoms with Crippen molar-refractivity contribution < 1.29 is 13.6 Å². The van der Waals surface area contributed by atoms with Crippen molar-refractivity contribution in [3.05, 3.63) is 46.1 Å². The van der Waals surface area contributed by atoms with Crippen molar-refractivity contribution >= 4 is 17.2 Å². The smallest absolute Gasteiger partial charge is 0.254 e. The Labute approximate surface area is 124 Å². The van der Waals surface area contributed by atoms with Gasteiger partial charge in [-0.25, -0.2) is 9.97 Å². The number of carbonyl (C=O) groups excluding carboxylic acids is 1. The van der Waals surface area contributed by atoms with Crippen LogP contribution in [0.2, 0.25) is 0 Å². The van der Waals surface area contributed by atoms with Crippen molar-refractivity contribution in [3.8, 4) is 11.5 Å². The number of amides is 1. The molecule has 3 aromatic heterocycles. The van der Waals surface area contributed by atoms with E-state index in [0.717, 1.165) is 16.4 Å². The first kappa shape index (κ1) is 13.6. The van der Waals surface area contributed by atoms with Crippen molar-refractivity contribution in [1.82, 2.24) is 15.3 Å². The van der Waals surface area contributed by atoms with Crippen LogP contribution in [-0.4, -0.2) is 15.9 Å². The summed E-state index contributed by atoms with van der Waals surface area (Å²) in [5.41, 5.74) is 1.96. The van der Waals surface area contributed by atoms with Gasteiger partial charge < -0.3 is 14.2 Å². The summed E-state index contributed by atoms with van der Waals surface area (Å²) < 4.78 is 10.6. The lowest BCUT2D eigenvalue weighted by atomic mass is 10.2. The van der Waals surface area contributed by atoms with Crippen LogP contribution in [0.5, 0.6) is 0 Å². The van der Waals surface area contributed by atoms with Crippen molar-refractivity contribution in [2.45, 2.75) is 20.4 Å². The summed E-state index contributed by atoms with van der Waals surface area (Å²) in [5, 5.41) is 5.61. The highest BCUT2D eigenvalue weighted by atomic mass is 32.1. The number of carbonyl (C=O) groups is 1. The maximum absolute atomic E-state index is 12.1. The summed E-state index contributed by atoms with van der Waals surface area (Å²) >= 11 is 1.54. The predicted molar refractivity (Wildman–Crippen MR) is 77.0 cm³/mol. The van der Waals surface area contributed by atoms with E-state index in [-0.39, 0.29) is 5.91 Å². The molecule has 3 heterocycles. The predicted octanol–water partition coefficient (Wildman–Crippen LogP) is 2.94. The second-order valence-corrected chi connectivity index (χ2v) is 5.56. The summed E-state index contributed by atoms with van der Waals surface area (Å²) in [6, 6.07) is 1.68. The summed E-state index contributed by atoms with van der Waals surface area (Å²) in [6.07, 6.45) is 2.78. The van der Waals surface area contributed by atoms with E-state index in [1.807, 2.05) is 19.2 Å². The van der Waals surface area contributed by atoms with Gasteiger partial charge in [0.1, 0.15) is 17.7 Å². The zero-order chi connectivity index (χ0) is 14.8. The maximum atomic E-state index is 12.1. The number of furan rings is 1. The van der Waals surface area contributed by atoms with Crippen LogP contribution in [-0.2, 0) is 6.54 Å². The van der Waals surface area contributed by atoms with Crippen molar-refractivity contribution in [3.63, 3.8) is 0 Å². The minimum absolute atomic E-state index is 0.229. The molecular formula is C14H13N3O3S. The van der Waals surface area contributed by atoms with Gasteiger partial charge in [0.25, 0.3) is 5.91 Å². The van der Waals surface area contributed by atoms with Gasteiger partial charge in [0, 0.05) is 5.38 Å². The molecule has 0 unspecified atom stereocenters. The quantitative estimate of drug-likeness (QED) is 0.801. The minimum atomic E-state index is -0.229. The Kier molecular flexibility index (Phi) is 3.57. The van der Waals surface area contributed by atoms with Crippen molar-refractivity contribution in [2.75, 3.05) is 0 Å². The van der Waals surface area contributed by atoms with Crippen LogP contribution in [0.4, 0.5) is 0 Å². The number of nitrogens with zero attached hydrogens (tertiary/aromatic N) is 2. The number of hydrogen-bond donors (Lipinski definition) is 1. The number of aromatic nitrogens is 2. The first-order chi connectivity index (χ1) is 10.1. The molecule has 0 aromatic carbocycles. The molecule has 1 N–H and O–H groups in total. The Morgan fingerprint density at radius 2 is 2.24 bits per heavy atom. The van der Waals surface area contributed by atoms with Gasteiger partial charge in [0.05, 0.1) is 22.8 Å². The largest absolute Gasteiger partial charge is 0.462 e. The summed E-state index contributed by atoms with van der Waals surface area (Å²) in [6.45, 7) is 4.04.